The van der Waals surface area contributed by atoms with E-state index in [0.717, 1.165) is 16.3 Å². The maximum absolute atomic E-state index is 12.2. The van der Waals surface area contributed by atoms with E-state index >= 15 is 0 Å². The Morgan fingerprint density at radius 2 is 2.00 bits per heavy atom. The molecule has 1 aliphatic rings. The molecular formula is C16H22Cl2N2O3S2. The van der Waals surface area contributed by atoms with E-state index in [1.807, 2.05) is 11.8 Å². The normalized spacial score (nSPS) is 15.3. The molecule has 1 saturated carbocycles. The van der Waals surface area contributed by atoms with Crippen LogP contribution in [0, 0.1) is 0 Å². The molecule has 0 saturated heterocycles. The van der Waals surface area contributed by atoms with Gasteiger partial charge in [0.15, 0.2) is 0 Å². The summed E-state index contributed by atoms with van der Waals surface area (Å²) in [5.74, 6) is 0.472. The number of carbonyl (C=O) groups is 1. The Morgan fingerprint density at radius 3 is 2.60 bits per heavy atom. The van der Waals surface area contributed by atoms with Crippen LogP contribution in [0.15, 0.2) is 18.2 Å². The second kappa shape index (κ2) is 9.35. The van der Waals surface area contributed by atoms with E-state index in [-0.39, 0.29) is 23.2 Å². The van der Waals surface area contributed by atoms with Crippen LogP contribution in [0.4, 0.5) is 5.69 Å². The van der Waals surface area contributed by atoms with E-state index in [1.54, 1.807) is 0 Å². The number of carbonyl (C=O) groups excluding carboxylic acids is 1. The summed E-state index contributed by atoms with van der Waals surface area (Å²) in [6, 6.07) is 4.48. The fourth-order valence-corrected chi connectivity index (χ4v) is 5.37. The van der Waals surface area contributed by atoms with E-state index in [1.165, 1.54) is 43.9 Å². The molecule has 0 unspecified atom stereocenters. The van der Waals surface area contributed by atoms with Crippen LogP contribution in [0.2, 0.25) is 10.0 Å². The first-order valence-corrected chi connectivity index (χ1v) is 11.7. The van der Waals surface area contributed by atoms with Gasteiger partial charge in [0.2, 0.25) is 15.9 Å². The molecule has 0 aliphatic heterocycles. The summed E-state index contributed by atoms with van der Waals surface area (Å²) in [7, 11) is -3.65. The van der Waals surface area contributed by atoms with Crippen molar-refractivity contribution in [2.24, 2.45) is 0 Å². The summed E-state index contributed by atoms with van der Waals surface area (Å²) in [6.45, 7) is 0.209. The predicted octanol–water partition coefficient (Wildman–Crippen LogP) is 3.55. The Kier molecular flexibility index (Phi) is 7.73. The van der Waals surface area contributed by atoms with Gasteiger partial charge in [0.25, 0.3) is 0 Å². The van der Waals surface area contributed by atoms with Crippen molar-refractivity contribution in [3.8, 4) is 0 Å². The van der Waals surface area contributed by atoms with Gasteiger partial charge in [-0.05, 0) is 31.0 Å². The average Bonchev–Trinajstić information content (AvgIpc) is 3.02. The summed E-state index contributed by atoms with van der Waals surface area (Å²) in [5.41, 5.74) is 0.240. The Labute approximate surface area is 163 Å². The maximum atomic E-state index is 12.2. The number of rotatable bonds is 8. The summed E-state index contributed by atoms with van der Waals surface area (Å²) >= 11 is 13.8. The number of halogens is 2. The summed E-state index contributed by atoms with van der Waals surface area (Å²) in [4.78, 5) is 12.2. The lowest BCUT2D eigenvalue weighted by molar-refractivity contribution is -0.119. The third kappa shape index (κ3) is 6.55. The maximum Gasteiger partial charge on any atom is 0.240 e. The topological polar surface area (TPSA) is 66.5 Å². The van der Waals surface area contributed by atoms with Gasteiger partial charge in [0.1, 0.15) is 6.54 Å². The van der Waals surface area contributed by atoms with Crippen molar-refractivity contribution in [3.05, 3.63) is 28.2 Å². The first-order valence-electron chi connectivity index (χ1n) is 8.08. The smallest absolute Gasteiger partial charge is 0.240 e. The van der Waals surface area contributed by atoms with Crippen LogP contribution in [0.3, 0.4) is 0 Å². The molecule has 2 rings (SSSR count). The highest BCUT2D eigenvalue weighted by Crippen LogP contribution is 2.30. The van der Waals surface area contributed by atoms with Crippen LogP contribution in [0.5, 0.6) is 0 Å². The molecule has 1 aromatic carbocycles. The Bertz CT molecular complexity index is 707. The van der Waals surface area contributed by atoms with E-state index in [2.05, 4.69) is 5.32 Å². The van der Waals surface area contributed by atoms with Crippen molar-refractivity contribution in [1.29, 1.82) is 0 Å². The number of nitrogens with zero attached hydrogens (tertiary/aromatic N) is 1. The molecule has 0 atom stereocenters. The number of benzene rings is 1. The lowest BCUT2D eigenvalue weighted by Crippen LogP contribution is -2.41. The molecule has 1 aliphatic carbocycles. The molecule has 1 aromatic rings. The second-order valence-corrected chi connectivity index (χ2v) is 10.2. The zero-order valence-electron chi connectivity index (χ0n) is 14.0. The van der Waals surface area contributed by atoms with Crippen molar-refractivity contribution in [3.63, 3.8) is 0 Å². The fraction of sp³-hybridized carbons (Fsp3) is 0.562. The van der Waals surface area contributed by atoms with Gasteiger partial charge in [-0.15, -0.1) is 0 Å². The summed E-state index contributed by atoms with van der Waals surface area (Å²) < 4.78 is 25.1. The molecule has 0 radical (unpaired) electrons. The molecule has 1 N–H and O–H groups in total. The van der Waals surface area contributed by atoms with Crippen LogP contribution in [0.25, 0.3) is 0 Å². The minimum absolute atomic E-state index is 0.183. The third-order valence-corrected chi connectivity index (χ3v) is 6.99. The minimum Gasteiger partial charge on any atom is -0.354 e. The Morgan fingerprint density at radius 1 is 1.32 bits per heavy atom. The van der Waals surface area contributed by atoms with E-state index < -0.39 is 10.0 Å². The Hall–Kier alpha value is -0.630. The molecule has 0 bridgehead atoms. The molecule has 9 heteroatoms. The number of amides is 1. The fourth-order valence-electron chi connectivity index (χ4n) is 2.72. The van der Waals surface area contributed by atoms with Crippen LogP contribution in [-0.4, -0.2) is 44.7 Å². The highest BCUT2D eigenvalue weighted by atomic mass is 35.5. The van der Waals surface area contributed by atoms with Crippen LogP contribution in [-0.2, 0) is 14.8 Å². The van der Waals surface area contributed by atoms with E-state index in [4.69, 9.17) is 23.2 Å². The van der Waals surface area contributed by atoms with Gasteiger partial charge >= 0.3 is 0 Å². The van der Waals surface area contributed by atoms with Gasteiger partial charge in [-0.25, -0.2) is 8.42 Å². The largest absolute Gasteiger partial charge is 0.354 e. The van der Waals surface area contributed by atoms with Crippen molar-refractivity contribution in [2.45, 2.75) is 30.9 Å². The van der Waals surface area contributed by atoms with Gasteiger partial charge in [-0.1, -0.05) is 36.0 Å². The molecular weight excluding hydrogens is 403 g/mol. The molecule has 1 fully saturated rings. The highest BCUT2D eigenvalue weighted by molar-refractivity contribution is 7.99. The number of thioether (sulfide) groups is 1. The van der Waals surface area contributed by atoms with Crippen molar-refractivity contribution in [2.75, 3.05) is 29.4 Å². The summed E-state index contributed by atoms with van der Waals surface area (Å²) in [6.07, 6.45) is 6.11. The van der Waals surface area contributed by atoms with Crippen molar-refractivity contribution >= 4 is 56.6 Å². The van der Waals surface area contributed by atoms with Gasteiger partial charge in [-0.2, -0.15) is 11.8 Å². The first kappa shape index (κ1) is 20.7. The van der Waals surface area contributed by atoms with E-state index in [0.29, 0.717) is 16.8 Å². The number of anilines is 1. The molecule has 0 heterocycles. The van der Waals surface area contributed by atoms with E-state index in [9.17, 15) is 13.2 Å². The predicted molar refractivity (Wildman–Crippen MR) is 106 cm³/mol. The number of hydrogen-bond donors (Lipinski definition) is 1. The molecule has 0 aromatic heterocycles. The van der Waals surface area contributed by atoms with Gasteiger partial charge in [0, 0.05) is 22.6 Å². The Balaban J connectivity index is 1.91. The molecule has 0 spiro atoms. The molecule has 140 valence electrons. The quantitative estimate of drug-likeness (QED) is 0.647. The van der Waals surface area contributed by atoms with Crippen molar-refractivity contribution in [1.82, 2.24) is 5.32 Å². The number of sulfonamides is 1. The molecule has 5 nitrogen and oxygen atoms in total. The van der Waals surface area contributed by atoms with Crippen LogP contribution in [0.1, 0.15) is 25.7 Å². The average molecular weight is 425 g/mol. The van der Waals surface area contributed by atoms with Crippen molar-refractivity contribution < 1.29 is 13.2 Å². The summed E-state index contributed by atoms with van der Waals surface area (Å²) in [5, 5.41) is 4.05. The minimum atomic E-state index is -3.65. The van der Waals surface area contributed by atoms with Gasteiger partial charge in [0.05, 0.1) is 17.0 Å². The zero-order valence-corrected chi connectivity index (χ0v) is 17.1. The van der Waals surface area contributed by atoms with Gasteiger partial charge in [-0.3, -0.25) is 9.10 Å². The lowest BCUT2D eigenvalue weighted by atomic mass is 10.3. The van der Waals surface area contributed by atoms with Gasteiger partial charge < -0.3 is 5.32 Å². The lowest BCUT2D eigenvalue weighted by Gasteiger charge is -2.23. The second-order valence-electron chi connectivity index (χ2n) is 5.99. The standard InChI is InChI=1S/C16H22Cl2N2O3S2/c1-25(22,23)20(15-7-6-12(17)10-14(15)18)11-16(21)19-8-9-24-13-4-2-3-5-13/h6-7,10,13H,2-5,8-9,11H2,1H3,(H,19,21). The van der Waals surface area contributed by atoms with Crippen LogP contribution >= 0.6 is 35.0 Å². The zero-order chi connectivity index (χ0) is 18.4. The highest BCUT2D eigenvalue weighted by Gasteiger charge is 2.23. The third-order valence-electron chi connectivity index (χ3n) is 3.95. The SMILES string of the molecule is CS(=O)(=O)N(CC(=O)NCCSC1CCCC1)c1ccc(Cl)cc1Cl. The monoisotopic (exact) mass is 424 g/mol. The molecule has 1 amide bonds. The number of hydrogen-bond acceptors (Lipinski definition) is 4. The molecule has 25 heavy (non-hydrogen) atoms. The van der Waals surface area contributed by atoms with Crippen LogP contribution < -0.4 is 9.62 Å². The number of nitrogens with one attached hydrogen (secondary N) is 1. The first-order chi connectivity index (χ1) is 11.8.